The lowest BCUT2D eigenvalue weighted by Crippen LogP contribution is -2.24. The Labute approximate surface area is 62.0 Å². The molecule has 0 aromatic carbocycles. The van der Waals surface area contributed by atoms with Gasteiger partial charge in [0.15, 0.2) is 0 Å². The first-order chi connectivity index (χ1) is 4.81. The van der Waals surface area contributed by atoms with Crippen LogP contribution in [0.25, 0.3) is 0 Å². The molecule has 1 unspecified atom stereocenters. The molecule has 0 aliphatic heterocycles. The number of halogens is 1. The van der Waals surface area contributed by atoms with Gasteiger partial charge in [0.25, 0.3) is 0 Å². The molecule has 0 aliphatic carbocycles. The van der Waals surface area contributed by atoms with E-state index in [1.165, 1.54) is 0 Å². The van der Waals surface area contributed by atoms with E-state index in [1.807, 2.05) is 0 Å². The number of hydrogen-bond acceptors (Lipinski definition) is 2. The van der Waals surface area contributed by atoms with Crippen LogP contribution in [-0.4, -0.2) is 26.3 Å². The van der Waals surface area contributed by atoms with Crippen molar-refractivity contribution in [3.63, 3.8) is 0 Å². The normalized spacial score (nSPS) is 13.5. The molecular weight excluding hydrogens is 131 g/mol. The Kier molecular flexibility index (Phi) is 6.86. The van der Waals surface area contributed by atoms with Crippen molar-refractivity contribution in [2.75, 3.05) is 26.3 Å². The highest BCUT2D eigenvalue weighted by molar-refractivity contribution is 4.56. The van der Waals surface area contributed by atoms with Gasteiger partial charge in [0.1, 0.15) is 6.67 Å². The largest absolute Gasteiger partial charge is 0.330 e. The van der Waals surface area contributed by atoms with Gasteiger partial charge >= 0.3 is 0 Å². The molecule has 2 nitrogen and oxygen atoms in total. The second-order valence-corrected chi connectivity index (χ2v) is 2.58. The van der Waals surface area contributed by atoms with E-state index in [4.69, 9.17) is 5.73 Å². The average Bonchev–Trinajstić information content (AvgIpc) is 1.89. The summed E-state index contributed by atoms with van der Waals surface area (Å²) in [6.07, 6.45) is 1.01. The zero-order chi connectivity index (χ0) is 7.82. The first-order valence-corrected chi connectivity index (χ1v) is 3.78. The van der Waals surface area contributed by atoms with Crippen molar-refractivity contribution in [1.82, 2.24) is 5.32 Å². The molecule has 0 rings (SSSR count). The summed E-state index contributed by atoms with van der Waals surface area (Å²) in [5.41, 5.74) is 5.33. The number of nitrogens with two attached hydrogens (primary N) is 1. The van der Waals surface area contributed by atoms with Crippen LogP contribution >= 0.6 is 0 Å². The molecule has 0 saturated carbocycles. The van der Waals surface area contributed by atoms with Gasteiger partial charge in [0.2, 0.25) is 0 Å². The third kappa shape index (κ3) is 5.98. The molecular formula is C7H17FN2. The van der Waals surface area contributed by atoms with Crippen LogP contribution in [0.2, 0.25) is 0 Å². The van der Waals surface area contributed by atoms with Crippen molar-refractivity contribution in [2.24, 2.45) is 11.7 Å². The summed E-state index contributed by atoms with van der Waals surface area (Å²) < 4.78 is 11.5. The van der Waals surface area contributed by atoms with E-state index >= 15 is 0 Å². The minimum Gasteiger partial charge on any atom is -0.330 e. The molecule has 0 saturated heterocycles. The lowest BCUT2D eigenvalue weighted by atomic mass is 10.1. The molecule has 0 radical (unpaired) electrons. The van der Waals surface area contributed by atoms with Crippen LogP contribution in [0.4, 0.5) is 4.39 Å². The summed E-state index contributed by atoms with van der Waals surface area (Å²) in [5.74, 6) is 0.566. The van der Waals surface area contributed by atoms with E-state index in [-0.39, 0.29) is 6.67 Å². The van der Waals surface area contributed by atoms with Crippen LogP contribution in [0.3, 0.4) is 0 Å². The Morgan fingerprint density at radius 2 is 2.30 bits per heavy atom. The van der Waals surface area contributed by atoms with E-state index in [0.29, 0.717) is 12.5 Å². The number of nitrogens with one attached hydrogen (secondary N) is 1. The molecule has 0 heterocycles. The van der Waals surface area contributed by atoms with Gasteiger partial charge < -0.3 is 11.1 Å². The van der Waals surface area contributed by atoms with Crippen molar-refractivity contribution in [2.45, 2.75) is 13.3 Å². The van der Waals surface area contributed by atoms with Gasteiger partial charge in [0, 0.05) is 6.54 Å². The molecule has 0 fully saturated rings. The zero-order valence-electron chi connectivity index (χ0n) is 6.57. The predicted molar refractivity (Wildman–Crippen MR) is 41.7 cm³/mol. The average molecular weight is 148 g/mol. The fourth-order valence-corrected chi connectivity index (χ4v) is 0.802. The quantitative estimate of drug-likeness (QED) is 0.539. The Balaban J connectivity index is 2.97. The van der Waals surface area contributed by atoms with E-state index in [1.54, 1.807) is 0 Å². The molecule has 1 atom stereocenters. The van der Waals surface area contributed by atoms with Gasteiger partial charge in [-0.2, -0.15) is 0 Å². The molecule has 0 amide bonds. The summed E-state index contributed by atoms with van der Waals surface area (Å²) in [6.45, 7) is 3.89. The second kappa shape index (κ2) is 6.96. The molecule has 0 aromatic heterocycles. The lowest BCUT2D eigenvalue weighted by molar-refractivity contribution is 0.432. The summed E-state index contributed by atoms with van der Waals surface area (Å²) in [7, 11) is 0. The molecule has 3 N–H and O–H groups in total. The van der Waals surface area contributed by atoms with Crippen LogP contribution in [0.1, 0.15) is 13.3 Å². The summed E-state index contributed by atoms with van der Waals surface area (Å²) in [6, 6.07) is 0. The van der Waals surface area contributed by atoms with Crippen molar-refractivity contribution in [1.29, 1.82) is 0 Å². The van der Waals surface area contributed by atoms with Crippen LogP contribution in [0, 0.1) is 5.92 Å². The van der Waals surface area contributed by atoms with Crippen LogP contribution in [0.15, 0.2) is 0 Å². The Morgan fingerprint density at radius 1 is 1.60 bits per heavy atom. The molecule has 0 aromatic rings. The first-order valence-electron chi connectivity index (χ1n) is 3.78. The van der Waals surface area contributed by atoms with E-state index in [9.17, 15) is 4.39 Å². The van der Waals surface area contributed by atoms with Crippen molar-refractivity contribution in [3.05, 3.63) is 0 Å². The maximum absolute atomic E-state index is 11.5. The molecule has 3 heteroatoms. The Bertz CT molecular complexity index is 68.6. The number of hydrogen-bond donors (Lipinski definition) is 2. The number of rotatable bonds is 6. The van der Waals surface area contributed by atoms with Crippen LogP contribution < -0.4 is 11.1 Å². The van der Waals surface area contributed by atoms with Gasteiger partial charge in [0.05, 0.1) is 0 Å². The molecule has 0 spiro atoms. The van der Waals surface area contributed by atoms with Crippen LogP contribution in [-0.2, 0) is 0 Å². The summed E-state index contributed by atoms with van der Waals surface area (Å²) in [5, 5.41) is 2.99. The van der Waals surface area contributed by atoms with Gasteiger partial charge in [-0.05, 0) is 25.4 Å². The summed E-state index contributed by atoms with van der Waals surface area (Å²) in [4.78, 5) is 0. The molecule has 0 bridgehead atoms. The lowest BCUT2D eigenvalue weighted by Gasteiger charge is -2.09. The van der Waals surface area contributed by atoms with Crippen LogP contribution in [0.5, 0.6) is 0 Å². The highest BCUT2D eigenvalue weighted by Crippen LogP contribution is 1.96. The molecule has 0 aliphatic rings. The third-order valence-corrected chi connectivity index (χ3v) is 1.42. The van der Waals surface area contributed by atoms with Crippen molar-refractivity contribution >= 4 is 0 Å². The smallest absolute Gasteiger partial charge is 0.102 e. The minimum absolute atomic E-state index is 0.282. The molecule has 62 valence electrons. The standard InChI is InChI=1S/C7H17FN2/c1-7(2-4-9)6-10-5-3-8/h7,10H,2-6,9H2,1H3. The van der Waals surface area contributed by atoms with Gasteiger partial charge in [-0.1, -0.05) is 6.92 Å². The summed E-state index contributed by atoms with van der Waals surface area (Å²) >= 11 is 0. The van der Waals surface area contributed by atoms with Crippen molar-refractivity contribution in [3.8, 4) is 0 Å². The molecule has 10 heavy (non-hydrogen) atoms. The number of alkyl halides is 1. The topological polar surface area (TPSA) is 38.0 Å². The Hall–Kier alpha value is -0.150. The van der Waals surface area contributed by atoms with E-state index in [2.05, 4.69) is 12.2 Å². The first kappa shape index (κ1) is 9.85. The van der Waals surface area contributed by atoms with E-state index < -0.39 is 0 Å². The fourth-order valence-electron chi connectivity index (χ4n) is 0.802. The monoisotopic (exact) mass is 148 g/mol. The van der Waals surface area contributed by atoms with E-state index in [0.717, 1.165) is 19.5 Å². The van der Waals surface area contributed by atoms with Gasteiger partial charge in [-0.15, -0.1) is 0 Å². The highest BCUT2D eigenvalue weighted by atomic mass is 19.1. The van der Waals surface area contributed by atoms with Gasteiger partial charge in [-0.3, -0.25) is 0 Å². The minimum atomic E-state index is -0.282. The third-order valence-electron chi connectivity index (χ3n) is 1.42. The zero-order valence-corrected chi connectivity index (χ0v) is 6.57. The fraction of sp³-hybridized carbons (Fsp3) is 1.00. The maximum atomic E-state index is 11.5. The van der Waals surface area contributed by atoms with Gasteiger partial charge in [-0.25, -0.2) is 4.39 Å². The predicted octanol–water partition coefficient (Wildman–Crippen LogP) is 0.530. The SMILES string of the molecule is CC(CCN)CNCCF. The highest BCUT2D eigenvalue weighted by Gasteiger charge is 1.97. The van der Waals surface area contributed by atoms with Crippen molar-refractivity contribution < 1.29 is 4.39 Å². The Morgan fingerprint density at radius 3 is 2.80 bits per heavy atom. The second-order valence-electron chi connectivity index (χ2n) is 2.58. The maximum Gasteiger partial charge on any atom is 0.102 e.